The first-order chi connectivity index (χ1) is 13.8. The fourth-order valence-electron chi connectivity index (χ4n) is 4.23. The van der Waals surface area contributed by atoms with Crippen molar-refractivity contribution >= 4 is 11.0 Å². The number of hydrogen-bond donors (Lipinski definition) is 1. The fraction of sp³-hybridized carbons (Fsp3) is 0.250. The molecule has 0 bridgehead atoms. The van der Waals surface area contributed by atoms with Crippen molar-refractivity contribution in [3.63, 3.8) is 0 Å². The van der Waals surface area contributed by atoms with Gasteiger partial charge in [0.2, 0.25) is 0 Å². The Kier molecular flexibility index (Phi) is 4.41. The van der Waals surface area contributed by atoms with Gasteiger partial charge in [0, 0.05) is 23.4 Å². The fourth-order valence-corrected chi connectivity index (χ4v) is 4.23. The maximum Gasteiger partial charge on any atom is 0.0960 e. The molecule has 1 saturated heterocycles. The molecule has 1 N–H and O–H groups in total. The lowest BCUT2D eigenvalue weighted by Gasteiger charge is -2.24. The summed E-state index contributed by atoms with van der Waals surface area (Å²) < 4.78 is 2.36. The molecule has 0 amide bonds. The van der Waals surface area contributed by atoms with Gasteiger partial charge in [-0.3, -0.25) is 4.98 Å². The highest BCUT2D eigenvalue weighted by atomic mass is 15.1. The van der Waals surface area contributed by atoms with E-state index in [4.69, 9.17) is 4.98 Å². The predicted molar refractivity (Wildman–Crippen MR) is 114 cm³/mol. The number of nitrogens with zero attached hydrogens (tertiary/aromatic N) is 3. The van der Waals surface area contributed by atoms with Crippen LogP contribution in [0.4, 0.5) is 0 Å². The smallest absolute Gasteiger partial charge is 0.0960 e. The molecule has 0 unspecified atom stereocenters. The summed E-state index contributed by atoms with van der Waals surface area (Å²) in [5.74, 6) is 0. The van der Waals surface area contributed by atoms with Crippen molar-refractivity contribution in [3.8, 4) is 22.4 Å². The SMILES string of the molecule is Cc1cccc(-c2ncccc2-c2ccc3ncn(C4CCNCC4)c3c2)c1. The lowest BCUT2D eigenvalue weighted by atomic mass is 9.98. The Labute approximate surface area is 165 Å². The molecule has 0 aliphatic carbocycles. The van der Waals surface area contributed by atoms with Crippen LogP contribution in [0, 0.1) is 6.92 Å². The third-order valence-corrected chi connectivity index (χ3v) is 5.69. The van der Waals surface area contributed by atoms with Gasteiger partial charge in [-0.1, -0.05) is 35.9 Å². The summed E-state index contributed by atoms with van der Waals surface area (Å²) in [5, 5.41) is 3.45. The predicted octanol–water partition coefficient (Wildman–Crippen LogP) is 5.00. The van der Waals surface area contributed by atoms with E-state index in [1.165, 1.54) is 16.6 Å². The number of fused-ring (bicyclic) bond motifs is 1. The molecular formula is C24H24N4. The highest BCUT2D eigenvalue weighted by Crippen LogP contribution is 2.33. The summed E-state index contributed by atoms with van der Waals surface area (Å²) in [6.45, 7) is 4.27. The van der Waals surface area contributed by atoms with E-state index >= 15 is 0 Å². The van der Waals surface area contributed by atoms with E-state index in [1.54, 1.807) is 0 Å². The van der Waals surface area contributed by atoms with Crippen LogP contribution in [0.25, 0.3) is 33.4 Å². The molecule has 28 heavy (non-hydrogen) atoms. The van der Waals surface area contributed by atoms with Gasteiger partial charge in [0.05, 0.1) is 23.1 Å². The number of piperidine rings is 1. The van der Waals surface area contributed by atoms with Crippen LogP contribution in [0.3, 0.4) is 0 Å². The molecule has 1 fully saturated rings. The summed E-state index contributed by atoms with van der Waals surface area (Å²) in [7, 11) is 0. The molecule has 0 saturated carbocycles. The van der Waals surface area contributed by atoms with Crippen molar-refractivity contribution in [2.75, 3.05) is 13.1 Å². The van der Waals surface area contributed by atoms with Crippen LogP contribution in [-0.2, 0) is 0 Å². The molecule has 3 heterocycles. The number of rotatable bonds is 3. The van der Waals surface area contributed by atoms with Crippen LogP contribution in [0.2, 0.25) is 0 Å². The first kappa shape index (κ1) is 17.1. The Hall–Kier alpha value is -2.98. The van der Waals surface area contributed by atoms with Gasteiger partial charge in [0.25, 0.3) is 0 Å². The Morgan fingerprint density at radius 3 is 2.68 bits per heavy atom. The van der Waals surface area contributed by atoms with Crippen LogP contribution >= 0.6 is 0 Å². The molecule has 0 spiro atoms. The lowest BCUT2D eigenvalue weighted by molar-refractivity contribution is 0.375. The van der Waals surface area contributed by atoms with Gasteiger partial charge < -0.3 is 9.88 Å². The Bertz CT molecular complexity index is 1120. The van der Waals surface area contributed by atoms with Gasteiger partial charge in [-0.05, 0) is 62.7 Å². The summed E-state index contributed by atoms with van der Waals surface area (Å²) in [6, 6.07) is 19.8. The van der Waals surface area contributed by atoms with Gasteiger partial charge in [-0.2, -0.15) is 0 Å². The minimum atomic E-state index is 0.520. The number of benzene rings is 2. The van der Waals surface area contributed by atoms with Gasteiger partial charge >= 0.3 is 0 Å². The summed E-state index contributed by atoms with van der Waals surface area (Å²) >= 11 is 0. The normalized spacial score (nSPS) is 15.2. The van der Waals surface area contributed by atoms with Crippen molar-refractivity contribution in [3.05, 3.63) is 72.7 Å². The summed E-state index contributed by atoms with van der Waals surface area (Å²) in [5.41, 5.74) is 8.04. The largest absolute Gasteiger partial charge is 0.327 e. The zero-order valence-corrected chi connectivity index (χ0v) is 16.1. The second-order valence-corrected chi connectivity index (χ2v) is 7.61. The Balaban J connectivity index is 1.62. The quantitative estimate of drug-likeness (QED) is 0.553. The third-order valence-electron chi connectivity index (χ3n) is 5.69. The zero-order valence-electron chi connectivity index (χ0n) is 16.1. The summed E-state index contributed by atoms with van der Waals surface area (Å²) in [6.07, 6.45) is 6.18. The molecule has 0 radical (unpaired) electrons. The van der Waals surface area contributed by atoms with Crippen LogP contribution in [0.15, 0.2) is 67.1 Å². The molecule has 2 aromatic carbocycles. The van der Waals surface area contributed by atoms with Crippen LogP contribution in [-0.4, -0.2) is 27.6 Å². The van der Waals surface area contributed by atoms with Gasteiger partial charge in [-0.15, -0.1) is 0 Å². The Morgan fingerprint density at radius 2 is 1.82 bits per heavy atom. The monoisotopic (exact) mass is 368 g/mol. The molecule has 1 aliphatic rings. The van der Waals surface area contributed by atoms with E-state index in [-0.39, 0.29) is 0 Å². The van der Waals surface area contributed by atoms with Crippen LogP contribution in [0.1, 0.15) is 24.4 Å². The number of imidazole rings is 1. The van der Waals surface area contributed by atoms with Gasteiger partial charge in [0.1, 0.15) is 0 Å². The molecule has 2 aromatic heterocycles. The van der Waals surface area contributed by atoms with E-state index in [9.17, 15) is 0 Å². The van der Waals surface area contributed by atoms with Crippen molar-refractivity contribution in [1.82, 2.24) is 19.9 Å². The highest BCUT2D eigenvalue weighted by molar-refractivity contribution is 5.87. The standard InChI is InChI=1S/C24H24N4/c1-17-4-2-5-19(14-17)24-21(6-3-11-26-24)18-7-8-22-23(15-18)28(16-27-22)20-9-12-25-13-10-20/h2-8,11,14-16,20,25H,9-10,12-13H2,1H3. The number of hydrogen-bond acceptors (Lipinski definition) is 3. The second kappa shape index (κ2) is 7.21. The van der Waals surface area contributed by atoms with Gasteiger partial charge in [0.15, 0.2) is 0 Å². The topological polar surface area (TPSA) is 42.7 Å². The summed E-state index contributed by atoms with van der Waals surface area (Å²) in [4.78, 5) is 9.36. The van der Waals surface area contributed by atoms with Crippen LogP contribution in [0.5, 0.6) is 0 Å². The van der Waals surface area contributed by atoms with E-state index < -0.39 is 0 Å². The molecule has 1 aliphatic heterocycles. The minimum absolute atomic E-state index is 0.520. The van der Waals surface area contributed by atoms with E-state index in [0.717, 1.165) is 48.3 Å². The van der Waals surface area contributed by atoms with Crippen molar-refractivity contribution < 1.29 is 0 Å². The first-order valence-corrected chi connectivity index (χ1v) is 9.99. The number of pyridine rings is 1. The third kappa shape index (κ3) is 3.10. The highest BCUT2D eigenvalue weighted by Gasteiger charge is 2.18. The van der Waals surface area contributed by atoms with E-state index in [2.05, 4.69) is 70.3 Å². The second-order valence-electron chi connectivity index (χ2n) is 7.61. The van der Waals surface area contributed by atoms with Crippen molar-refractivity contribution in [1.29, 1.82) is 0 Å². The Morgan fingerprint density at radius 1 is 0.929 bits per heavy atom. The minimum Gasteiger partial charge on any atom is -0.327 e. The van der Waals surface area contributed by atoms with E-state index in [1.807, 2.05) is 18.6 Å². The average molecular weight is 368 g/mol. The molecule has 140 valence electrons. The average Bonchev–Trinajstić information content (AvgIpc) is 3.18. The molecule has 5 rings (SSSR count). The molecule has 4 aromatic rings. The molecule has 4 heteroatoms. The maximum absolute atomic E-state index is 4.72. The molecule has 0 atom stereocenters. The number of aromatic nitrogens is 3. The van der Waals surface area contributed by atoms with Crippen molar-refractivity contribution in [2.45, 2.75) is 25.8 Å². The zero-order chi connectivity index (χ0) is 18.9. The van der Waals surface area contributed by atoms with Crippen molar-refractivity contribution in [2.24, 2.45) is 0 Å². The first-order valence-electron chi connectivity index (χ1n) is 9.99. The number of aryl methyl sites for hydroxylation is 1. The lowest BCUT2D eigenvalue weighted by Crippen LogP contribution is -2.29. The molecular weight excluding hydrogens is 344 g/mol. The van der Waals surface area contributed by atoms with Gasteiger partial charge in [-0.25, -0.2) is 4.98 Å². The number of nitrogens with one attached hydrogen (secondary N) is 1. The van der Waals surface area contributed by atoms with E-state index in [0.29, 0.717) is 6.04 Å². The molecule has 4 nitrogen and oxygen atoms in total. The van der Waals surface area contributed by atoms with Crippen LogP contribution < -0.4 is 5.32 Å². The maximum atomic E-state index is 4.72.